The second kappa shape index (κ2) is 7.44. The SMILES string of the molecule is COc1ccc(C(=O)N2[C@H]3CC[C@@H]2c2cnc(-c4ccccc4)nc2C3)c(OC)c1. The molecule has 0 saturated carbocycles. The van der Waals surface area contributed by atoms with E-state index >= 15 is 0 Å². The second-order valence-electron chi connectivity index (χ2n) is 7.69. The Morgan fingerprint density at radius 2 is 1.90 bits per heavy atom. The van der Waals surface area contributed by atoms with Crippen molar-refractivity contribution in [3.8, 4) is 22.9 Å². The number of ether oxygens (including phenoxy) is 2. The lowest BCUT2D eigenvalue weighted by Gasteiger charge is -2.36. The third-order valence-electron chi connectivity index (χ3n) is 6.10. The summed E-state index contributed by atoms with van der Waals surface area (Å²) in [4.78, 5) is 25.0. The number of carbonyl (C=O) groups is 1. The van der Waals surface area contributed by atoms with Gasteiger partial charge in [0.2, 0.25) is 0 Å². The average molecular weight is 401 g/mol. The van der Waals surface area contributed by atoms with Crippen LogP contribution < -0.4 is 9.47 Å². The van der Waals surface area contributed by atoms with E-state index < -0.39 is 0 Å². The zero-order valence-electron chi connectivity index (χ0n) is 17.0. The number of hydrogen-bond acceptors (Lipinski definition) is 5. The molecule has 2 aliphatic rings. The standard InChI is InChI=1S/C24H23N3O3/c1-29-17-9-10-18(22(13-17)30-2)24(28)27-16-8-11-21(27)19-14-25-23(26-20(19)12-16)15-6-4-3-5-7-15/h3-7,9-10,13-14,16,21H,8,11-12H2,1-2H3/t16-,21+/m0/s1. The normalized spacial score (nSPS) is 19.3. The maximum atomic E-state index is 13.5. The summed E-state index contributed by atoms with van der Waals surface area (Å²) >= 11 is 0. The lowest BCUT2D eigenvalue weighted by atomic mass is 9.97. The van der Waals surface area contributed by atoms with Gasteiger partial charge in [0.15, 0.2) is 5.82 Å². The molecule has 6 heteroatoms. The molecule has 2 bridgehead atoms. The predicted octanol–water partition coefficient (Wildman–Crippen LogP) is 4.06. The maximum absolute atomic E-state index is 13.5. The summed E-state index contributed by atoms with van der Waals surface area (Å²) < 4.78 is 10.7. The quantitative estimate of drug-likeness (QED) is 0.660. The maximum Gasteiger partial charge on any atom is 0.258 e. The molecule has 6 nitrogen and oxygen atoms in total. The van der Waals surface area contributed by atoms with E-state index in [0.717, 1.165) is 41.9 Å². The van der Waals surface area contributed by atoms with Crippen molar-refractivity contribution in [3.63, 3.8) is 0 Å². The molecule has 30 heavy (non-hydrogen) atoms. The minimum Gasteiger partial charge on any atom is -0.497 e. The molecule has 1 aromatic heterocycles. The molecule has 5 rings (SSSR count). The highest BCUT2D eigenvalue weighted by Crippen LogP contribution is 2.44. The van der Waals surface area contributed by atoms with E-state index in [0.29, 0.717) is 17.1 Å². The highest BCUT2D eigenvalue weighted by Gasteiger charge is 2.44. The number of nitrogens with zero attached hydrogens (tertiary/aromatic N) is 3. The van der Waals surface area contributed by atoms with Crippen LogP contribution in [0.5, 0.6) is 11.5 Å². The molecule has 1 amide bonds. The average Bonchev–Trinajstić information content (AvgIpc) is 3.12. The summed E-state index contributed by atoms with van der Waals surface area (Å²) in [6, 6.07) is 15.5. The fraction of sp³-hybridized carbons (Fsp3) is 0.292. The molecular weight excluding hydrogens is 378 g/mol. The van der Waals surface area contributed by atoms with Crippen molar-refractivity contribution >= 4 is 5.91 Å². The van der Waals surface area contributed by atoms with Crippen LogP contribution in [0.4, 0.5) is 0 Å². The van der Waals surface area contributed by atoms with E-state index in [1.807, 2.05) is 41.4 Å². The summed E-state index contributed by atoms with van der Waals surface area (Å²) in [5.41, 5.74) is 3.68. The molecule has 1 fully saturated rings. The Morgan fingerprint density at radius 1 is 1.07 bits per heavy atom. The lowest BCUT2D eigenvalue weighted by Crippen LogP contribution is -2.42. The van der Waals surface area contributed by atoms with E-state index in [1.54, 1.807) is 32.4 Å². The van der Waals surface area contributed by atoms with Gasteiger partial charge in [0.25, 0.3) is 5.91 Å². The monoisotopic (exact) mass is 401 g/mol. The summed E-state index contributed by atoms with van der Waals surface area (Å²) in [5, 5.41) is 0. The van der Waals surface area contributed by atoms with Crippen LogP contribution >= 0.6 is 0 Å². The molecule has 1 saturated heterocycles. The fourth-order valence-electron chi connectivity index (χ4n) is 4.63. The Hall–Kier alpha value is -3.41. The van der Waals surface area contributed by atoms with Gasteiger partial charge in [0.05, 0.1) is 31.5 Å². The molecule has 0 N–H and O–H groups in total. The van der Waals surface area contributed by atoms with Crippen molar-refractivity contribution in [2.75, 3.05) is 14.2 Å². The molecule has 3 heterocycles. The highest BCUT2D eigenvalue weighted by molar-refractivity contribution is 5.98. The van der Waals surface area contributed by atoms with E-state index in [4.69, 9.17) is 14.5 Å². The van der Waals surface area contributed by atoms with Gasteiger partial charge in [-0.25, -0.2) is 9.97 Å². The summed E-state index contributed by atoms with van der Waals surface area (Å²) in [5.74, 6) is 1.92. The van der Waals surface area contributed by atoms with Crippen molar-refractivity contribution in [2.45, 2.75) is 31.3 Å². The van der Waals surface area contributed by atoms with Crippen molar-refractivity contribution < 1.29 is 14.3 Å². The topological polar surface area (TPSA) is 64.5 Å². The van der Waals surface area contributed by atoms with Crippen LogP contribution in [0.3, 0.4) is 0 Å². The van der Waals surface area contributed by atoms with Crippen molar-refractivity contribution in [2.24, 2.45) is 0 Å². The molecule has 2 aromatic carbocycles. The Bertz CT molecular complexity index is 1100. The third kappa shape index (κ3) is 3.00. The van der Waals surface area contributed by atoms with Crippen molar-refractivity contribution in [1.29, 1.82) is 0 Å². The highest BCUT2D eigenvalue weighted by atomic mass is 16.5. The Kier molecular flexibility index (Phi) is 4.62. The number of carbonyl (C=O) groups excluding carboxylic acids is 1. The Balaban J connectivity index is 1.49. The first kappa shape index (κ1) is 18.6. The predicted molar refractivity (Wildman–Crippen MR) is 113 cm³/mol. The minimum absolute atomic E-state index is 0.00267. The van der Waals surface area contributed by atoms with Crippen LogP contribution in [-0.2, 0) is 6.42 Å². The first-order chi connectivity index (χ1) is 14.7. The van der Waals surface area contributed by atoms with Gasteiger partial charge in [-0.15, -0.1) is 0 Å². The summed E-state index contributed by atoms with van der Waals surface area (Å²) in [6.07, 6.45) is 4.54. The number of rotatable bonds is 4. The molecule has 152 valence electrons. The van der Waals surface area contributed by atoms with Gasteiger partial charge in [-0.1, -0.05) is 30.3 Å². The number of methoxy groups -OCH3 is 2. The van der Waals surface area contributed by atoms with E-state index in [1.165, 1.54) is 0 Å². The number of aromatic nitrogens is 2. The number of fused-ring (bicyclic) bond motifs is 4. The van der Waals surface area contributed by atoms with Crippen LogP contribution in [0.2, 0.25) is 0 Å². The van der Waals surface area contributed by atoms with E-state index in [-0.39, 0.29) is 18.0 Å². The largest absolute Gasteiger partial charge is 0.497 e. The molecule has 0 spiro atoms. The molecule has 2 atom stereocenters. The third-order valence-corrected chi connectivity index (χ3v) is 6.10. The second-order valence-corrected chi connectivity index (χ2v) is 7.69. The van der Waals surface area contributed by atoms with Crippen LogP contribution in [0, 0.1) is 0 Å². The first-order valence-electron chi connectivity index (χ1n) is 10.2. The van der Waals surface area contributed by atoms with Gasteiger partial charge >= 0.3 is 0 Å². The van der Waals surface area contributed by atoms with Gasteiger partial charge in [0.1, 0.15) is 11.5 Å². The van der Waals surface area contributed by atoms with Gasteiger partial charge < -0.3 is 14.4 Å². The van der Waals surface area contributed by atoms with Gasteiger partial charge in [-0.3, -0.25) is 4.79 Å². The number of benzene rings is 2. The van der Waals surface area contributed by atoms with Crippen LogP contribution in [0.25, 0.3) is 11.4 Å². The van der Waals surface area contributed by atoms with Gasteiger partial charge in [0, 0.05) is 35.9 Å². The fourth-order valence-corrected chi connectivity index (χ4v) is 4.63. The lowest BCUT2D eigenvalue weighted by molar-refractivity contribution is 0.0640. The molecule has 0 radical (unpaired) electrons. The first-order valence-corrected chi connectivity index (χ1v) is 10.2. The molecule has 0 unspecified atom stereocenters. The minimum atomic E-state index is -0.0141. The van der Waals surface area contributed by atoms with Gasteiger partial charge in [-0.05, 0) is 25.0 Å². The van der Waals surface area contributed by atoms with E-state index in [9.17, 15) is 4.79 Å². The smallest absolute Gasteiger partial charge is 0.258 e. The zero-order chi connectivity index (χ0) is 20.7. The molecule has 0 aliphatic carbocycles. The number of hydrogen-bond donors (Lipinski definition) is 0. The Labute approximate surface area is 175 Å². The van der Waals surface area contributed by atoms with Crippen LogP contribution in [0.15, 0.2) is 54.7 Å². The molecule has 3 aromatic rings. The summed E-state index contributed by atoms with van der Waals surface area (Å²) in [7, 11) is 3.17. The van der Waals surface area contributed by atoms with Crippen molar-refractivity contribution in [1.82, 2.24) is 14.9 Å². The van der Waals surface area contributed by atoms with Gasteiger partial charge in [-0.2, -0.15) is 0 Å². The van der Waals surface area contributed by atoms with Crippen molar-refractivity contribution in [3.05, 3.63) is 71.5 Å². The summed E-state index contributed by atoms with van der Waals surface area (Å²) in [6.45, 7) is 0. The number of amides is 1. The van der Waals surface area contributed by atoms with Crippen LogP contribution in [-0.4, -0.2) is 41.0 Å². The Morgan fingerprint density at radius 3 is 2.67 bits per heavy atom. The zero-order valence-corrected chi connectivity index (χ0v) is 17.0. The molecule has 2 aliphatic heterocycles. The van der Waals surface area contributed by atoms with Crippen LogP contribution in [0.1, 0.15) is 40.5 Å². The molecular formula is C24H23N3O3. The van der Waals surface area contributed by atoms with E-state index in [2.05, 4.69) is 4.98 Å².